The second-order valence-electron chi connectivity index (χ2n) is 5.61. The van der Waals surface area contributed by atoms with Crippen LogP contribution in [0, 0.1) is 6.92 Å². The highest BCUT2D eigenvalue weighted by Crippen LogP contribution is 2.32. The van der Waals surface area contributed by atoms with Gasteiger partial charge in [-0.15, -0.1) is 10.2 Å². The first kappa shape index (κ1) is 16.3. The van der Waals surface area contributed by atoms with Gasteiger partial charge in [0.25, 0.3) is 0 Å². The van der Waals surface area contributed by atoms with Crippen molar-refractivity contribution >= 4 is 39.8 Å². The topological polar surface area (TPSA) is 58.1 Å². The lowest BCUT2D eigenvalue weighted by Gasteiger charge is -2.12. The van der Waals surface area contributed by atoms with E-state index in [2.05, 4.69) is 20.4 Å². The van der Waals surface area contributed by atoms with Crippen molar-refractivity contribution in [3.63, 3.8) is 0 Å². The molecule has 0 spiro atoms. The highest BCUT2D eigenvalue weighted by Gasteiger charge is 2.20. The quantitative estimate of drug-likeness (QED) is 0.837. The number of nitrogens with zero attached hydrogens (tertiary/aromatic N) is 3. The summed E-state index contributed by atoms with van der Waals surface area (Å²) in [7, 11) is 0. The summed E-state index contributed by atoms with van der Waals surface area (Å²) in [5.41, 5.74) is 1.92. The molecule has 1 saturated heterocycles. The fourth-order valence-corrected chi connectivity index (χ4v) is 4.48. The lowest BCUT2D eigenvalue weighted by atomic mass is 10.2. The van der Waals surface area contributed by atoms with E-state index >= 15 is 0 Å². The molecule has 1 aliphatic rings. The molecule has 1 fully saturated rings. The molecule has 0 bridgehead atoms. The number of para-hydroxylation sites is 1. The molecule has 23 heavy (non-hydrogen) atoms. The smallest absolute Gasteiger partial charge is 0.237 e. The zero-order chi connectivity index (χ0) is 16.2. The highest BCUT2D eigenvalue weighted by atomic mass is 32.2. The molecule has 1 aliphatic heterocycles. The van der Waals surface area contributed by atoms with Gasteiger partial charge in [0.05, 0.1) is 5.25 Å². The number of nitrogens with one attached hydrogen (secondary N) is 1. The largest absolute Gasteiger partial charge is 0.347 e. The third kappa shape index (κ3) is 4.03. The summed E-state index contributed by atoms with van der Waals surface area (Å²) in [5.74, 6) is -0.0118. The molecule has 2 heterocycles. The summed E-state index contributed by atoms with van der Waals surface area (Å²) < 4.78 is 0.847. The summed E-state index contributed by atoms with van der Waals surface area (Å²) in [6.07, 6.45) is 2.44. The van der Waals surface area contributed by atoms with E-state index in [-0.39, 0.29) is 11.2 Å². The van der Waals surface area contributed by atoms with Crippen molar-refractivity contribution < 1.29 is 4.79 Å². The summed E-state index contributed by atoms with van der Waals surface area (Å²) in [4.78, 5) is 14.6. The van der Waals surface area contributed by atoms with Crippen molar-refractivity contribution in [3.05, 3.63) is 29.8 Å². The number of benzene rings is 1. The lowest BCUT2D eigenvalue weighted by Crippen LogP contribution is -2.22. The van der Waals surface area contributed by atoms with Crippen LogP contribution in [0.3, 0.4) is 0 Å². The van der Waals surface area contributed by atoms with Gasteiger partial charge in [-0.1, -0.05) is 41.3 Å². The van der Waals surface area contributed by atoms with Crippen molar-refractivity contribution in [2.45, 2.75) is 36.3 Å². The number of carbonyl (C=O) groups excluding carboxylic acids is 1. The third-order valence-electron chi connectivity index (χ3n) is 3.82. The van der Waals surface area contributed by atoms with E-state index in [1.165, 1.54) is 24.6 Å². The van der Waals surface area contributed by atoms with Gasteiger partial charge in [-0.25, -0.2) is 0 Å². The van der Waals surface area contributed by atoms with Crippen molar-refractivity contribution in [2.75, 3.05) is 23.3 Å². The van der Waals surface area contributed by atoms with Gasteiger partial charge >= 0.3 is 0 Å². The van der Waals surface area contributed by atoms with Gasteiger partial charge in [0.2, 0.25) is 11.0 Å². The second-order valence-corrected chi connectivity index (χ2v) is 8.15. The molecular formula is C16H20N4OS2. The zero-order valence-electron chi connectivity index (χ0n) is 13.3. The fourth-order valence-electron chi connectivity index (χ4n) is 2.44. The van der Waals surface area contributed by atoms with Crippen LogP contribution in [-0.2, 0) is 4.79 Å². The Kier molecular flexibility index (Phi) is 5.17. The minimum Gasteiger partial charge on any atom is -0.347 e. The van der Waals surface area contributed by atoms with Gasteiger partial charge in [0.1, 0.15) is 0 Å². The Morgan fingerprint density at radius 1 is 1.30 bits per heavy atom. The van der Waals surface area contributed by atoms with Crippen LogP contribution in [0.1, 0.15) is 25.3 Å². The van der Waals surface area contributed by atoms with Crippen molar-refractivity contribution in [1.82, 2.24) is 10.2 Å². The monoisotopic (exact) mass is 348 g/mol. The molecule has 3 rings (SSSR count). The molecule has 0 saturated carbocycles. The Morgan fingerprint density at radius 3 is 2.78 bits per heavy atom. The van der Waals surface area contributed by atoms with E-state index in [0.717, 1.165) is 33.8 Å². The highest BCUT2D eigenvalue weighted by molar-refractivity contribution is 8.02. The van der Waals surface area contributed by atoms with Gasteiger partial charge < -0.3 is 10.2 Å². The third-order valence-corrected chi connectivity index (χ3v) is 5.99. The number of aromatic nitrogens is 2. The standard InChI is InChI=1S/C16H20N4OS2/c1-11-7-3-4-8-13(11)17-14(21)12(2)22-16-19-18-15(23-16)20-9-5-6-10-20/h3-4,7-8,12H,5-6,9-10H2,1-2H3,(H,17,21). The van der Waals surface area contributed by atoms with E-state index in [1.54, 1.807) is 11.3 Å². The number of carbonyl (C=O) groups is 1. The van der Waals surface area contributed by atoms with Crippen molar-refractivity contribution in [3.8, 4) is 0 Å². The molecule has 1 aromatic carbocycles. The van der Waals surface area contributed by atoms with Crippen LogP contribution in [0.25, 0.3) is 0 Å². The molecule has 1 aromatic heterocycles. The minimum absolute atomic E-state index is 0.0118. The Bertz CT molecular complexity index is 682. The number of hydrogen-bond acceptors (Lipinski definition) is 6. The summed E-state index contributed by atoms with van der Waals surface area (Å²) >= 11 is 3.03. The molecule has 0 aliphatic carbocycles. The molecule has 2 aromatic rings. The molecule has 1 amide bonds. The van der Waals surface area contributed by atoms with E-state index < -0.39 is 0 Å². The maximum absolute atomic E-state index is 12.3. The van der Waals surface area contributed by atoms with E-state index in [1.807, 2.05) is 38.1 Å². The Labute approximate surface area is 144 Å². The van der Waals surface area contributed by atoms with Crippen LogP contribution in [0.4, 0.5) is 10.8 Å². The Hall–Kier alpha value is -1.60. The predicted octanol–water partition coefficient (Wildman–Crippen LogP) is 3.57. The molecule has 0 radical (unpaired) electrons. The van der Waals surface area contributed by atoms with E-state index in [0.29, 0.717) is 0 Å². The summed E-state index contributed by atoms with van der Waals surface area (Å²) in [5, 5.41) is 12.2. The fraction of sp³-hybridized carbons (Fsp3) is 0.438. The van der Waals surface area contributed by atoms with Gasteiger partial charge in [0.15, 0.2) is 4.34 Å². The summed E-state index contributed by atoms with van der Waals surface area (Å²) in [6, 6.07) is 7.79. The van der Waals surface area contributed by atoms with Gasteiger partial charge in [-0.3, -0.25) is 4.79 Å². The molecular weight excluding hydrogens is 328 g/mol. The molecule has 1 atom stereocenters. The maximum Gasteiger partial charge on any atom is 0.237 e. The van der Waals surface area contributed by atoms with Crippen molar-refractivity contribution in [1.29, 1.82) is 0 Å². The average Bonchev–Trinajstić information content (AvgIpc) is 3.20. The van der Waals surface area contributed by atoms with Crippen LogP contribution in [0.5, 0.6) is 0 Å². The van der Waals surface area contributed by atoms with Crippen LogP contribution in [0.2, 0.25) is 0 Å². The Balaban J connectivity index is 1.59. The van der Waals surface area contributed by atoms with E-state index in [9.17, 15) is 4.79 Å². The molecule has 122 valence electrons. The summed E-state index contributed by atoms with van der Waals surface area (Å²) in [6.45, 7) is 6.00. The van der Waals surface area contributed by atoms with Gasteiger partial charge in [0, 0.05) is 18.8 Å². The SMILES string of the molecule is Cc1ccccc1NC(=O)C(C)Sc1nnc(N2CCCC2)s1. The predicted molar refractivity (Wildman–Crippen MR) is 96.5 cm³/mol. The first-order chi connectivity index (χ1) is 11.1. The first-order valence-electron chi connectivity index (χ1n) is 7.75. The number of rotatable bonds is 5. The average molecular weight is 348 g/mol. The van der Waals surface area contributed by atoms with Crippen LogP contribution < -0.4 is 10.2 Å². The first-order valence-corrected chi connectivity index (χ1v) is 9.44. The molecule has 1 N–H and O–H groups in total. The molecule has 7 heteroatoms. The lowest BCUT2D eigenvalue weighted by molar-refractivity contribution is -0.115. The Morgan fingerprint density at radius 2 is 2.04 bits per heavy atom. The number of hydrogen-bond donors (Lipinski definition) is 1. The molecule has 5 nitrogen and oxygen atoms in total. The normalized spacial score (nSPS) is 15.7. The number of amides is 1. The minimum atomic E-state index is -0.214. The zero-order valence-corrected chi connectivity index (χ0v) is 14.9. The second kappa shape index (κ2) is 7.31. The van der Waals surface area contributed by atoms with Crippen molar-refractivity contribution in [2.24, 2.45) is 0 Å². The molecule has 1 unspecified atom stereocenters. The van der Waals surface area contributed by atoms with Crippen LogP contribution >= 0.6 is 23.1 Å². The maximum atomic E-state index is 12.3. The number of anilines is 2. The van der Waals surface area contributed by atoms with Crippen LogP contribution in [0.15, 0.2) is 28.6 Å². The van der Waals surface area contributed by atoms with Crippen LogP contribution in [-0.4, -0.2) is 34.4 Å². The van der Waals surface area contributed by atoms with Gasteiger partial charge in [-0.05, 0) is 38.3 Å². The number of aryl methyl sites for hydroxylation is 1. The number of thioether (sulfide) groups is 1. The van der Waals surface area contributed by atoms with E-state index in [4.69, 9.17) is 0 Å². The van der Waals surface area contributed by atoms with Gasteiger partial charge in [-0.2, -0.15) is 0 Å².